The predicted molar refractivity (Wildman–Crippen MR) is 107 cm³/mol. The van der Waals surface area contributed by atoms with Crippen LogP contribution >= 0.6 is 0 Å². The minimum Gasteiger partial charge on any atom is -0.465 e. The number of ether oxygens (including phenoxy) is 1. The maximum atomic E-state index is 13.5. The van der Waals surface area contributed by atoms with Crippen LogP contribution in [-0.2, 0) is 24.2 Å². The molecule has 3 atom stereocenters. The average Bonchev–Trinajstić information content (AvgIpc) is 2.70. The van der Waals surface area contributed by atoms with Crippen LogP contribution in [0.15, 0.2) is 36.4 Å². The summed E-state index contributed by atoms with van der Waals surface area (Å²) in [5.74, 6) is -1.51. The van der Waals surface area contributed by atoms with Gasteiger partial charge < -0.3 is 25.6 Å². The van der Waals surface area contributed by atoms with Crippen LogP contribution in [-0.4, -0.2) is 41.6 Å². The molecule has 1 unspecified atom stereocenters. The van der Waals surface area contributed by atoms with Gasteiger partial charge in [0.1, 0.15) is 11.6 Å². The van der Waals surface area contributed by atoms with Gasteiger partial charge in [-0.2, -0.15) is 0 Å². The van der Waals surface area contributed by atoms with E-state index < -0.39 is 29.9 Å². The Hall–Kier alpha value is -2.55. The molecule has 0 spiro atoms. The zero-order chi connectivity index (χ0) is 21.7. The standard InChI is InChI=1S/C22H26F2N2O4/c1-2-13-3-4-15-11-30-12-20(18(15)7-13)25-10-21(27)19(26-22(28)29)8-14-5-16(23)9-17(24)6-14/h3-7,9,19-21,25-27H,2,8,10-12H2,1H3,(H,28,29)/t19-,20?,21+/m0/s1. The van der Waals surface area contributed by atoms with E-state index in [9.17, 15) is 18.7 Å². The van der Waals surface area contributed by atoms with Crippen LogP contribution < -0.4 is 10.6 Å². The molecule has 4 N–H and O–H groups in total. The maximum Gasteiger partial charge on any atom is 0.404 e. The number of nitrogens with one attached hydrogen (secondary N) is 2. The van der Waals surface area contributed by atoms with E-state index in [4.69, 9.17) is 9.84 Å². The van der Waals surface area contributed by atoms with E-state index in [0.717, 1.165) is 35.7 Å². The molecule has 0 saturated carbocycles. The molecule has 3 rings (SSSR count). The topological polar surface area (TPSA) is 90.8 Å². The van der Waals surface area contributed by atoms with E-state index in [-0.39, 0.29) is 24.6 Å². The summed E-state index contributed by atoms with van der Waals surface area (Å²) in [6.45, 7) is 3.10. The molecule has 0 aliphatic carbocycles. The zero-order valence-electron chi connectivity index (χ0n) is 16.7. The van der Waals surface area contributed by atoms with Crippen molar-refractivity contribution in [1.29, 1.82) is 0 Å². The molecule has 1 aliphatic heterocycles. The minimum absolute atomic E-state index is 0.0540. The van der Waals surface area contributed by atoms with Gasteiger partial charge in [-0.15, -0.1) is 0 Å². The van der Waals surface area contributed by atoms with E-state index in [2.05, 4.69) is 29.7 Å². The van der Waals surface area contributed by atoms with Crippen molar-refractivity contribution >= 4 is 6.09 Å². The summed E-state index contributed by atoms with van der Waals surface area (Å²) >= 11 is 0. The van der Waals surface area contributed by atoms with Gasteiger partial charge in [0.15, 0.2) is 0 Å². The third-order valence-corrected chi connectivity index (χ3v) is 5.26. The third kappa shape index (κ3) is 5.75. The number of benzene rings is 2. The van der Waals surface area contributed by atoms with Gasteiger partial charge in [-0.05, 0) is 47.2 Å². The molecule has 30 heavy (non-hydrogen) atoms. The number of carboxylic acid groups (broad SMARTS) is 1. The first-order chi connectivity index (χ1) is 14.4. The number of hydrogen-bond donors (Lipinski definition) is 4. The fourth-order valence-corrected chi connectivity index (χ4v) is 3.70. The molecule has 2 aromatic rings. The van der Waals surface area contributed by atoms with Crippen molar-refractivity contribution in [2.24, 2.45) is 0 Å². The second kappa shape index (κ2) is 9.97. The number of hydrogen-bond acceptors (Lipinski definition) is 4. The van der Waals surface area contributed by atoms with Crippen molar-refractivity contribution < 1.29 is 28.5 Å². The lowest BCUT2D eigenvalue weighted by molar-refractivity contribution is 0.0697. The van der Waals surface area contributed by atoms with Gasteiger partial charge in [0.25, 0.3) is 0 Å². The first kappa shape index (κ1) is 22.1. The highest BCUT2D eigenvalue weighted by molar-refractivity contribution is 5.65. The molecule has 8 heteroatoms. The quantitative estimate of drug-likeness (QED) is 0.527. The van der Waals surface area contributed by atoms with Crippen molar-refractivity contribution in [2.75, 3.05) is 13.2 Å². The van der Waals surface area contributed by atoms with Crippen LogP contribution in [0.5, 0.6) is 0 Å². The summed E-state index contributed by atoms with van der Waals surface area (Å²) < 4.78 is 32.6. The second-order valence-corrected chi connectivity index (χ2v) is 7.47. The van der Waals surface area contributed by atoms with Crippen LogP contribution in [0.25, 0.3) is 0 Å². The van der Waals surface area contributed by atoms with Gasteiger partial charge in [0.05, 0.1) is 31.4 Å². The lowest BCUT2D eigenvalue weighted by Crippen LogP contribution is -2.49. The summed E-state index contributed by atoms with van der Waals surface area (Å²) in [5.41, 5.74) is 3.62. The van der Waals surface area contributed by atoms with Crippen molar-refractivity contribution in [1.82, 2.24) is 10.6 Å². The molecular weight excluding hydrogens is 394 g/mol. The number of fused-ring (bicyclic) bond motifs is 1. The van der Waals surface area contributed by atoms with Gasteiger partial charge in [-0.1, -0.05) is 25.1 Å². The molecule has 1 heterocycles. The van der Waals surface area contributed by atoms with E-state index in [1.807, 2.05) is 6.07 Å². The van der Waals surface area contributed by atoms with E-state index in [0.29, 0.717) is 13.2 Å². The highest BCUT2D eigenvalue weighted by atomic mass is 19.1. The number of aryl methyl sites for hydroxylation is 1. The highest BCUT2D eigenvalue weighted by Crippen LogP contribution is 2.26. The van der Waals surface area contributed by atoms with E-state index in [1.165, 1.54) is 5.56 Å². The summed E-state index contributed by atoms with van der Waals surface area (Å²) in [7, 11) is 0. The lowest BCUT2D eigenvalue weighted by atomic mass is 9.95. The van der Waals surface area contributed by atoms with Gasteiger partial charge >= 0.3 is 6.09 Å². The second-order valence-electron chi connectivity index (χ2n) is 7.47. The molecule has 162 valence electrons. The molecule has 1 aliphatic rings. The Morgan fingerprint density at radius 2 is 1.93 bits per heavy atom. The summed E-state index contributed by atoms with van der Waals surface area (Å²) in [6.07, 6.45) is -1.60. The first-order valence-corrected chi connectivity index (χ1v) is 9.91. The fraction of sp³-hybridized carbons (Fsp3) is 0.409. The molecule has 0 radical (unpaired) electrons. The van der Waals surface area contributed by atoms with Gasteiger partial charge in [-0.3, -0.25) is 0 Å². The van der Waals surface area contributed by atoms with Gasteiger partial charge in [0.2, 0.25) is 0 Å². The Labute approximate surface area is 173 Å². The van der Waals surface area contributed by atoms with Crippen LogP contribution in [0.1, 0.15) is 35.2 Å². The van der Waals surface area contributed by atoms with Crippen molar-refractivity contribution in [3.8, 4) is 0 Å². The first-order valence-electron chi connectivity index (χ1n) is 9.91. The molecule has 0 aromatic heterocycles. The van der Waals surface area contributed by atoms with Crippen LogP contribution in [0.3, 0.4) is 0 Å². The summed E-state index contributed by atoms with van der Waals surface area (Å²) in [6, 6.07) is 8.11. The number of carbonyl (C=O) groups is 1. The van der Waals surface area contributed by atoms with Gasteiger partial charge in [-0.25, -0.2) is 13.6 Å². The fourth-order valence-electron chi connectivity index (χ4n) is 3.70. The molecule has 0 saturated heterocycles. The molecule has 1 amide bonds. The zero-order valence-corrected chi connectivity index (χ0v) is 16.7. The molecule has 2 aromatic carbocycles. The Balaban J connectivity index is 1.69. The number of halogens is 2. The van der Waals surface area contributed by atoms with Crippen molar-refractivity contribution in [3.63, 3.8) is 0 Å². The molecule has 6 nitrogen and oxygen atoms in total. The molecular formula is C22H26F2N2O4. The highest BCUT2D eigenvalue weighted by Gasteiger charge is 2.26. The molecule has 0 fully saturated rings. The number of aliphatic hydroxyl groups is 1. The smallest absolute Gasteiger partial charge is 0.404 e. The van der Waals surface area contributed by atoms with Crippen LogP contribution in [0, 0.1) is 11.6 Å². The SMILES string of the molecule is CCc1ccc2c(c1)C(NC[C@@H](O)[C@H](Cc1cc(F)cc(F)c1)NC(=O)O)COC2. The summed E-state index contributed by atoms with van der Waals surface area (Å²) in [4.78, 5) is 11.2. The van der Waals surface area contributed by atoms with E-state index in [1.54, 1.807) is 0 Å². The Bertz CT molecular complexity index is 873. The number of amides is 1. The summed E-state index contributed by atoms with van der Waals surface area (Å²) in [5, 5.41) is 25.2. The minimum atomic E-state index is -1.32. The monoisotopic (exact) mass is 420 g/mol. The van der Waals surface area contributed by atoms with Crippen LogP contribution in [0.2, 0.25) is 0 Å². The third-order valence-electron chi connectivity index (χ3n) is 5.26. The van der Waals surface area contributed by atoms with Crippen LogP contribution in [0.4, 0.5) is 13.6 Å². The van der Waals surface area contributed by atoms with Crippen molar-refractivity contribution in [3.05, 3.63) is 70.3 Å². The lowest BCUT2D eigenvalue weighted by Gasteiger charge is -2.30. The Morgan fingerprint density at radius 3 is 2.60 bits per heavy atom. The van der Waals surface area contributed by atoms with Gasteiger partial charge in [0, 0.05) is 12.6 Å². The predicted octanol–water partition coefficient (Wildman–Crippen LogP) is 2.93. The molecule has 0 bridgehead atoms. The maximum absolute atomic E-state index is 13.5. The average molecular weight is 420 g/mol. The van der Waals surface area contributed by atoms with E-state index >= 15 is 0 Å². The van der Waals surface area contributed by atoms with Crippen molar-refractivity contribution in [2.45, 2.75) is 44.6 Å². The normalized spacial score (nSPS) is 17.8. The Morgan fingerprint density at radius 1 is 1.20 bits per heavy atom. The largest absolute Gasteiger partial charge is 0.465 e. The number of aliphatic hydroxyl groups excluding tert-OH is 1. The number of rotatable bonds is 8. The Kier molecular flexibility index (Phi) is 7.36.